The zero-order valence-corrected chi connectivity index (χ0v) is 8.82. The maximum atomic E-state index is 2.54. The lowest BCUT2D eigenvalue weighted by atomic mass is 9.62. The van der Waals surface area contributed by atoms with Gasteiger partial charge in [-0.05, 0) is 54.3 Å². The van der Waals surface area contributed by atoms with Gasteiger partial charge in [0.1, 0.15) is 0 Å². The van der Waals surface area contributed by atoms with E-state index in [0.29, 0.717) is 5.41 Å². The Morgan fingerprint density at radius 3 is 2.36 bits per heavy atom. The van der Waals surface area contributed by atoms with Crippen molar-refractivity contribution >= 4 is 0 Å². The van der Waals surface area contributed by atoms with E-state index < -0.39 is 0 Å². The zero-order valence-electron chi connectivity index (χ0n) is 8.82. The number of hydrogen-bond acceptors (Lipinski definition) is 0. The van der Waals surface area contributed by atoms with Crippen molar-refractivity contribution < 1.29 is 0 Å². The molecule has 74 valence electrons. The van der Waals surface area contributed by atoms with E-state index >= 15 is 0 Å². The van der Waals surface area contributed by atoms with Crippen LogP contribution in [0, 0.1) is 35.0 Å². The van der Waals surface area contributed by atoms with Gasteiger partial charge in [0.25, 0.3) is 0 Å². The molecule has 4 bridgehead atoms. The quantitative estimate of drug-likeness (QED) is 0.509. The van der Waals surface area contributed by atoms with Crippen molar-refractivity contribution in [1.82, 2.24) is 0 Å². The summed E-state index contributed by atoms with van der Waals surface area (Å²) in [4.78, 5) is 0. The lowest BCUT2D eigenvalue weighted by molar-refractivity contribution is 0.112. The molecule has 6 unspecified atom stereocenters. The number of fused-ring (bicyclic) bond motifs is 6. The molecule has 4 rings (SSSR count). The second-order valence-electron chi connectivity index (χ2n) is 5.98. The van der Waals surface area contributed by atoms with Crippen LogP contribution in [0.4, 0.5) is 0 Å². The van der Waals surface area contributed by atoms with Crippen LogP contribution >= 0.6 is 0 Å². The van der Waals surface area contributed by atoms with Gasteiger partial charge in [0.15, 0.2) is 0 Å². The molecule has 0 heteroatoms. The van der Waals surface area contributed by atoms with Gasteiger partial charge in [0.05, 0.1) is 0 Å². The monoisotopic (exact) mass is 186 g/mol. The van der Waals surface area contributed by atoms with Crippen LogP contribution in [0.2, 0.25) is 0 Å². The van der Waals surface area contributed by atoms with Crippen LogP contribution in [0.3, 0.4) is 0 Å². The summed E-state index contributed by atoms with van der Waals surface area (Å²) >= 11 is 0. The number of rotatable bonds is 0. The third-order valence-corrected chi connectivity index (χ3v) is 5.78. The smallest absolute Gasteiger partial charge is 0.0135 e. The number of hydrogen-bond donors (Lipinski definition) is 0. The van der Waals surface area contributed by atoms with Crippen LogP contribution in [0.1, 0.15) is 26.2 Å². The largest absolute Gasteiger partial charge is 0.0851 e. The van der Waals surface area contributed by atoms with Crippen molar-refractivity contribution in [2.24, 2.45) is 35.0 Å². The van der Waals surface area contributed by atoms with Gasteiger partial charge >= 0.3 is 0 Å². The second kappa shape index (κ2) is 2.18. The summed E-state index contributed by atoms with van der Waals surface area (Å²) in [6, 6.07) is 0. The summed E-state index contributed by atoms with van der Waals surface area (Å²) in [5, 5.41) is 0. The number of allylic oxidation sites excluding steroid dienone is 4. The van der Waals surface area contributed by atoms with E-state index in [2.05, 4.69) is 31.2 Å². The fourth-order valence-corrected chi connectivity index (χ4v) is 5.11. The molecule has 2 saturated carbocycles. The fourth-order valence-electron chi connectivity index (χ4n) is 5.11. The second-order valence-corrected chi connectivity index (χ2v) is 5.98. The van der Waals surface area contributed by atoms with Gasteiger partial charge in [-0.15, -0.1) is 0 Å². The topological polar surface area (TPSA) is 0 Å². The van der Waals surface area contributed by atoms with Crippen LogP contribution in [-0.2, 0) is 0 Å². The highest BCUT2D eigenvalue weighted by Crippen LogP contribution is 2.68. The molecule has 14 heavy (non-hydrogen) atoms. The molecule has 0 amide bonds. The molecule has 0 aromatic rings. The molecular formula is C14H18. The van der Waals surface area contributed by atoms with Gasteiger partial charge < -0.3 is 0 Å². The minimum absolute atomic E-state index is 0.707. The lowest BCUT2D eigenvalue weighted by Gasteiger charge is -2.42. The molecular weight excluding hydrogens is 168 g/mol. The van der Waals surface area contributed by atoms with Crippen molar-refractivity contribution in [3.63, 3.8) is 0 Å². The van der Waals surface area contributed by atoms with E-state index in [1.165, 1.54) is 19.3 Å². The first-order valence-corrected chi connectivity index (χ1v) is 6.17. The van der Waals surface area contributed by atoms with Crippen LogP contribution in [-0.4, -0.2) is 0 Å². The molecule has 0 saturated heterocycles. The summed E-state index contributed by atoms with van der Waals surface area (Å²) in [5.74, 6) is 4.69. The van der Waals surface area contributed by atoms with Crippen LogP contribution in [0.15, 0.2) is 24.3 Å². The summed E-state index contributed by atoms with van der Waals surface area (Å²) < 4.78 is 0. The van der Waals surface area contributed by atoms with Crippen LogP contribution in [0.25, 0.3) is 0 Å². The van der Waals surface area contributed by atoms with Crippen molar-refractivity contribution in [3.05, 3.63) is 24.3 Å². The standard InChI is InChI=1S/C14H18/c1-9-11-3-5-13(7-11)14(9)8-10-2-4-12(14)6-10/h2-5,9-13H,6-8H2,1H3. The maximum Gasteiger partial charge on any atom is -0.0135 e. The lowest BCUT2D eigenvalue weighted by Crippen LogP contribution is -2.36. The highest BCUT2D eigenvalue weighted by atomic mass is 14.6. The predicted molar refractivity (Wildman–Crippen MR) is 57.7 cm³/mol. The van der Waals surface area contributed by atoms with E-state index in [1.54, 1.807) is 0 Å². The molecule has 0 radical (unpaired) electrons. The average molecular weight is 186 g/mol. The first-order valence-electron chi connectivity index (χ1n) is 6.17. The molecule has 6 atom stereocenters. The van der Waals surface area contributed by atoms with E-state index in [9.17, 15) is 0 Å². The molecule has 0 aliphatic heterocycles. The van der Waals surface area contributed by atoms with Crippen molar-refractivity contribution in [1.29, 1.82) is 0 Å². The molecule has 1 spiro atoms. The van der Waals surface area contributed by atoms with E-state index in [1.807, 2.05) is 0 Å². The van der Waals surface area contributed by atoms with Gasteiger partial charge in [-0.1, -0.05) is 31.2 Å². The van der Waals surface area contributed by atoms with Crippen molar-refractivity contribution in [3.8, 4) is 0 Å². The summed E-state index contributed by atoms with van der Waals surface area (Å²) in [6.45, 7) is 2.52. The Labute approximate surface area is 86.1 Å². The van der Waals surface area contributed by atoms with Gasteiger partial charge in [0, 0.05) is 0 Å². The SMILES string of the molecule is CC1C2C=CC(C2)C12CC1C=CC2C1. The molecule has 0 nitrogen and oxygen atoms in total. The van der Waals surface area contributed by atoms with Gasteiger partial charge in [0.2, 0.25) is 0 Å². The molecule has 2 fully saturated rings. The summed E-state index contributed by atoms with van der Waals surface area (Å²) in [6.07, 6.45) is 14.5. The zero-order chi connectivity index (χ0) is 9.34. The minimum Gasteiger partial charge on any atom is -0.0851 e. The van der Waals surface area contributed by atoms with Crippen LogP contribution in [0.5, 0.6) is 0 Å². The van der Waals surface area contributed by atoms with Crippen molar-refractivity contribution in [2.45, 2.75) is 26.2 Å². The summed E-state index contributed by atoms with van der Waals surface area (Å²) in [7, 11) is 0. The Balaban J connectivity index is 1.84. The first-order chi connectivity index (χ1) is 6.80. The third kappa shape index (κ3) is 0.637. The highest BCUT2D eigenvalue weighted by Gasteiger charge is 2.61. The highest BCUT2D eigenvalue weighted by molar-refractivity contribution is 5.27. The van der Waals surface area contributed by atoms with E-state index in [0.717, 1.165) is 29.6 Å². The average Bonchev–Trinajstić information content (AvgIpc) is 2.91. The molecule has 0 N–H and O–H groups in total. The van der Waals surface area contributed by atoms with Crippen LogP contribution < -0.4 is 0 Å². The summed E-state index contributed by atoms with van der Waals surface area (Å²) in [5.41, 5.74) is 0.707. The van der Waals surface area contributed by atoms with E-state index in [4.69, 9.17) is 0 Å². The normalized spacial score (nSPS) is 62.2. The molecule has 4 aliphatic rings. The first kappa shape index (κ1) is 7.73. The fraction of sp³-hybridized carbons (Fsp3) is 0.714. The molecule has 4 aliphatic carbocycles. The predicted octanol–water partition coefficient (Wildman–Crippen LogP) is 3.41. The molecule has 0 heterocycles. The van der Waals surface area contributed by atoms with Gasteiger partial charge in [-0.3, -0.25) is 0 Å². The van der Waals surface area contributed by atoms with Gasteiger partial charge in [-0.25, -0.2) is 0 Å². The molecule has 0 aromatic carbocycles. The Kier molecular flexibility index (Phi) is 1.20. The van der Waals surface area contributed by atoms with Crippen molar-refractivity contribution in [2.75, 3.05) is 0 Å². The Bertz CT molecular complexity index is 334. The Morgan fingerprint density at radius 2 is 1.79 bits per heavy atom. The minimum atomic E-state index is 0.707. The van der Waals surface area contributed by atoms with E-state index in [-0.39, 0.29) is 0 Å². The molecule has 0 aromatic heterocycles. The Hall–Kier alpha value is -0.520. The Morgan fingerprint density at radius 1 is 1.00 bits per heavy atom. The third-order valence-electron chi connectivity index (χ3n) is 5.78. The maximum absolute atomic E-state index is 2.54. The van der Waals surface area contributed by atoms with Gasteiger partial charge in [-0.2, -0.15) is 0 Å².